The Labute approximate surface area is 155 Å². The number of benzene rings is 1. The Morgan fingerprint density at radius 2 is 2.20 bits per heavy atom. The predicted molar refractivity (Wildman–Crippen MR) is 96.0 cm³/mol. The molecule has 0 N–H and O–H groups in total. The SMILES string of the molecule is CC(C)COC(=O)[C@@H]1[C@H]2C(=O)N(c3ccccc3Br)C[C@]23C=C[C@H]1O3. The molecule has 3 aliphatic rings. The van der Waals surface area contributed by atoms with E-state index in [1.165, 1.54) is 0 Å². The van der Waals surface area contributed by atoms with Crippen LogP contribution in [0.3, 0.4) is 0 Å². The Morgan fingerprint density at radius 3 is 2.92 bits per heavy atom. The highest BCUT2D eigenvalue weighted by Crippen LogP contribution is 2.53. The molecule has 4 atom stereocenters. The van der Waals surface area contributed by atoms with Gasteiger partial charge in [-0.25, -0.2) is 0 Å². The van der Waals surface area contributed by atoms with Crippen LogP contribution in [0.1, 0.15) is 13.8 Å². The summed E-state index contributed by atoms with van der Waals surface area (Å²) in [5.74, 6) is -1.25. The third-order valence-corrected chi connectivity index (χ3v) is 5.75. The van der Waals surface area contributed by atoms with Crippen molar-refractivity contribution in [1.82, 2.24) is 0 Å². The number of amides is 1. The molecule has 1 amide bonds. The minimum Gasteiger partial charge on any atom is -0.465 e. The van der Waals surface area contributed by atoms with Gasteiger partial charge in [0.1, 0.15) is 11.5 Å². The van der Waals surface area contributed by atoms with Crippen molar-refractivity contribution in [2.45, 2.75) is 25.6 Å². The van der Waals surface area contributed by atoms with Gasteiger partial charge in [0.25, 0.3) is 0 Å². The van der Waals surface area contributed by atoms with Gasteiger partial charge < -0.3 is 14.4 Å². The lowest BCUT2D eigenvalue weighted by Crippen LogP contribution is -2.40. The number of para-hydroxylation sites is 1. The van der Waals surface area contributed by atoms with Crippen molar-refractivity contribution >= 4 is 33.5 Å². The zero-order valence-corrected chi connectivity index (χ0v) is 15.7. The van der Waals surface area contributed by atoms with Crippen molar-refractivity contribution in [2.75, 3.05) is 18.1 Å². The summed E-state index contributed by atoms with van der Waals surface area (Å²) in [6.45, 7) is 4.75. The minimum absolute atomic E-state index is 0.0785. The van der Waals surface area contributed by atoms with Crippen LogP contribution < -0.4 is 4.90 Å². The summed E-state index contributed by atoms with van der Waals surface area (Å²) in [6.07, 6.45) is 3.48. The molecule has 1 aromatic carbocycles. The van der Waals surface area contributed by atoms with Gasteiger partial charge >= 0.3 is 5.97 Å². The van der Waals surface area contributed by atoms with Crippen LogP contribution in [0.2, 0.25) is 0 Å². The summed E-state index contributed by atoms with van der Waals surface area (Å²) in [7, 11) is 0. The summed E-state index contributed by atoms with van der Waals surface area (Å²) >= 11 is 3.50. The Morgan fingerprint density at radius 1 is 1.44 bits per heavy atom. The van der Waals surface area contributed by atoms with Gasteiger partial charge in [-0.3, -0.25) is 9.59 Å². The molecule has 2 saturated heterocycles. The van der Waals surface area contributed by atoms with Gasteiger partial charge in [-0.1, -0.05) is 38.1 Å². The largest absolute Gasteiger partial charge is 0.465 e. The van der Waals surface area contributed by atoms with E-state index in [1.807, 2.05) is 50.3 Å². The number of carbonyl (C=O) groups excluding carboxylic acids is 2. The molecule has 0 unspecified atom stereocenters. The normalized spacial score (nSPS) is 32.6. The lowest BCUT2D eigenvalue weighted by atomic mass is 9.77. The first-order valence-corrected chi connectivity index (χ1v) is 9.32. The second-order valence-corrected chi connectivity index (χ2v) is 8.15. The van der Waals surface area contributed by atoms with E-state index in [0.717, 1.165) is 10.2 Å². The highest BCUT2D eigenvalue weighted by Gasteiger charge is 2.67. The van der Waals surface area contributed by atoms with Crippen LogP contribution in [0.5, 0.6) is 0 Å². The number of carbonyl (C=O) groups is 2. The van der Waals surface area contributed by atoms with Gasteiger partial charge in [-0.2, -0.15) is 0 Å². The van der Waals surface area contributed by atoms with Crippen LogP contribution in [0.25, 0.3) is 0 Å². The smallest absolute Gasteiger partial charge is 0.312 e. The van der Waals surface area contributed by atoms with E-state index < -0.39 is 17.4 Å². The van der Waals surface area contributed by atoms with Crippen molar-refractivity contribution in [1.29, 1.82) is 0 Å². The molecule has 6 heteroatoms. The highest BCUT2D eigenvalue weighted by atomic mass is 79.9. The first-order valence-electron chi connectivity index (χ1n) is 8.53. The van der Waals surface area contributed by atoms with Gasteiger partial charge in [-0.05, 0) is 34.0 Å². The van der Waals surface area contributed by atoms with Crippen molar-refractivity contribution in [3.8, 4) is 0 Å². The lowest BCUT2D eigenvalue weighted by Gasteiger charge is -2.23. The average Bonchev–Trinajstić information content (AvgIpc) is 3.21. The topological polar surface area (TPSA) is 55.8 Å². The molecule has 1 spiro atoms. The Kier molecular flexibility index (Phi) is 4.00. The van der Waals surface area contributed by atoms with Crippen LogP contribution in [-0.2, 0) is 19.1 Å². The van der Waals surface area contributed by atoms with Gasteiger partial charge in [0.05, 0.1) is 30.9 Å². The zero-order valence-electron chi connectivity index (χ0n) is 14.1. The summed E-state index contributed by atoms with van der Waals surface area (Å²) in [6, 6.07) is 7.59. The van der Waals surface area contributed by atoms with E-state index in [2.05, 4.69) is 15.9 Å². The van der Waals surface area contributed by atoms with Crippen LogP contribution in [0.4, 0.5) is 5.69 Å². The fraction of sp³-hybridized carbons (Fsp3) is 0.474. The molecule has 1 aromatic rings. The number of hydrogen-bond acceptors (Lipinski definition) is 4. The van der Waals surface area contributed by atoms with Gasteiger partial charge in [0.2, 0.25) is 5.91 Å². The Bertz CT molecular complexity index is 762. The second kappa shape index (κ2) is 5.95. The average molecular weight is 406 g/mol. The molecule has 4 rings (SSSR count). The molecule has 0 aromatic heterocycles. The number of rotatable bonds is 4. The molecule has 132 valence electrons. The molecular formula is C19H20BrNO4. The molecule has 0 aliphatic carbocycles. The van der Waals surface area contributed by atoms with E-state index in [1.54, 1.807) is 4.90 Å². The monoisotopic (exact) mass is 405 g/mol. The predicted octanol–water partition coefficient (Wildman–Crippen LogP) is 2.93. The van der Waals surface area contributed by atoms with E-state index >= 15 is 0 Å². The molecule has 2 fully saturated rings. The molecule has 0 radical (unpaired) electrons. The molecule has 0 saturated carbocycles. The molecule has 25 heavy (non-hydrogen) atoms. The summed E-state index contributed by atoms with van der Waals surface area (Å²) in [5.41, 5.74) is 0.0736. The number of esters is 1. The number of fused-ring (bicyclic) bond motifs is 1. The van der Waals surface area contributed by atoms with Gasteiger partial charge in [0.15, 0.2) is 0 Å². The highest BCUT2D eigenvalue weighted by molar-refractivity contribution is 9.10. The van der Waals surface area contributed by atoms with Crippen LogP contribution in [-0.4, -0.2) is 36.7 Å². The van der Waals surface area contributed by atoms with E-state index in [-0.39, 0.29) is 23.9 Å². The zero-order chi connectivity index (χ0) is 17.8. The first-order chi connectivity index (χ1) is 11.9. The molecule has 3 heterocycles. The standard InChI is InChI=1S/C19H20BrNO4/c1-11(2)9-24-18(23)15-14-7-8-19(25-14)10-21(17(22)16(15)19)13-6-4-3-5-12(13)20/h3-8,11,14-16H,9-10H2,1-2H3/t14-,15+,16+,19-/m1/s1. The summed E-state index contributed by atoms with van der Waals surface area (Å²) in [5, 5.41) is 0. The van der Waals surface area contributed by atoms with E-state index in [4.69, 9.17) is 9.47 Å². The van der Waals surface area contributed by atoms with Crippen molar-refractivity contribution in [2.24, 2.45) is 17.8 Å². The van der Waals surface area contributed by atoms with E-state index in [9.17, 15) is 9.59 Å². The Balaban J connectivity index is 1.64. The maximum Gasteiger partial charge on any atom is 0.312 e. The van der Waals surface area contributed by atoms with Gasteiger partial charge in [-0.15, -0.1) is 0 Å². The fourth-order valence-corrected chi connectivity index (χ4v) is 4.49. The van der Waals surface area contributed by atoms with Crippen LogP contribution in [0, 0.1) is 17.8 Å². The molecule has 5 nitrogen and oxygen atoms in total. The number of hydrogen-bond donors (Lipinski definition) is 0. The van der Waals surface area contributed by atoms with Crippen molar-refractivity contribution in [3.05, 3.63) is 40.9 Å². The summed E-state index contributed by atoms with van der Waals surface area (Å²) in [4.78, 5) is 27.5. The quantitative estimate of drug-likeness (QED) is 0.570. The molecule has 2 bridgehead atoms. The lowest BCUT2D eigenvalue weighted by molar-refractivity contribution is -0.153. The number of halogens is 1. The number of nitrogens with zero attached hydrogens (tertiary/aromatic N) is 1. The Hall–Kier alpha value is -1.66. The number of anilines is 1. The minimum atomic E-state index is -0.724. The van der Waals surface area contributed by atoms with Crippen LogP contribution >= 0.6 is 15.9 Å². The second-order valence-electron chi connectivity index (χ2n) is 7.30. The maximum absolute atomic E-state index is 13.2. The fourth-order valence-electron chi connectivity index (χ4n) is 3.99. The van der Waals surface area contributed by atoms with Crippen molar-refractivity contribution < 1.29 is 19.1 Å². The van der Waals surface area contributed by atoms with Gasteiger partial charge in [0, 0.05) is 4.47 Å². The summed E-state index contributed by atoms with van der Waals surface area (Å²) < 4.78 is 12.4. The molecule has 3 aliphatic heterocycles. The van der Waals surface area contributed by atoms with E-state index in [0.29, 0.717) is 13.2 Å². The third-order valence-electron chi connectivity index (χ3n) is 5.07. The van der Waals surface area contributed by atoms with Crippen LogP contribution in [0.15, 0.2) is 40.9 Å². The molecular weight excluding hydrogens is 386 g/mol. The third kappa shape index (κ3) is 2.54. The number of ether oxygens (including phenoxy) is 2. The maximum atomic E-state index is 13.2. The van der Waals surface area contributed by atoms with Crippen molar-refractivity contribution in [3.63, 3.8) is 0 Å². The first kappa shape index (κ1) is 16.8.